The van der Waals surface area contributed by atoms with Gasteiger partial charge >= 0.3 is 0 Å². The van der Waals surface area contributed by atoms with E-state index in [2.05, 4.69) is 17.9 Å². The minimum Gasteiger partial charge on any atom is -0.354 e. The molecular formula is C12H13ClN2O2S. The number of thiol groups is 1. The van der Waals surface area contributed by atoms with Crippen molar-refractivity contribution >= 4 is 36.0 Å². The Bertz CT molecular complexity index is 493. The van der Waals surface area contributed by atoms with E-state index in [0.29, 0.717) is 28.6 Å². The Kier molecular flexibility index (Phi) is 4.14. The van der Waals surface area contributed by atoms with Crippen molar-refractivity contribution in [1.29, 1.82) is 0 Å². The first-order valence-electron chi connectivity index (χ1n) is 5.62. The lowest BCUT2D eigenvalue weighted by Crippen LogP contribution is -2.37. The Morgan fingerprint density at radius 2 is 2.22 bits per heavy atom. The highest BCUT2D eigenvalue weighted by Gasteiger charge is 2.22. The molecule has 0 aliphatic carbocycles. The lowest BCUT2D eigenvalue weighted by atomic mass is 10.2. The van der Waals surface area contributed by atoms with Gasteiger partial charge in [-0.25, -0.2) is 0 Å². The standard InChI is InChI=1S/C12H13ClN2O2S/c13-10-3-2-8(18)6-9(10)12(17)15-5-1-4-14-11(16)7-15/h2-3,6,18H,1,4-5,7H2,(H,14,16). The number of nitrogens with zero attached hydrogens (tertiary/aromatic N) is 1. The van der Waals surface area contributed by atoms with Crippen LogP contribution >= 0.6 is 24.2 Å². The number of benzene rings is 1. The van der Waals surface area contributed by atoms with Gasteiger partial charge in [-0.05, 0) is 24.6 Å². The topological polar surface area (TPSA) is 49.4 Å². The summed E-state index contributed by atoms with van der Waals surface area (Å²) in [5.74, 6) is -0.369. The monoisotopic (exact) mass is 284 g/mol. The van der Waals surface area contributed by atoms with Crippen molar-refractivity contribution in [2.75, 3.05) is 19.6 Å². The average molecular weight is 285 g/mol. The van der Waals surface area contributed by atoms with Crippen LogP contribution in [0.5, 0.6) is 0 Å². The van der Waals surface area contributed by atoms with E-state index >= 15 is 0 Å². The molecule has 0 aromatic heterocycles. The maximum absolute atomic E-state index is 12.3. The summed E-state index contributed by atoms with van der Waals surface area (Å²) in [4.78, 5) is 25.9. The molecule has 0 spiro atoms. The van der Waals surface area contributed by atoms with Crippen molar-refractivity contribution in [2.45, 2.75) is 11.3 Å². The molecule has 2 rings (SSSR count). The number of amides is 2. The molecule has 0 unspecified atom stereocenters. The zero-order valence-electron chi connectivity index (χ0n) is 9.65. The van der Waals surface area contributed by atoms with Gasteiger partial charge in [0.05, 0.1) is 17.1 Å². The zero-order chi connectivity index (χ0) is 13.1. The van der Waals surface area contributed by atoms with Crippen molar-refractivity contribution in [3.8, 4) is 0 Å². The van der Waals surface area contributed by atoms with Crippen molar-refractivity contribution < 1.29 is 9.59 Å². The minimum absolute atomic E-state index is 0.0754. The van der Waals surface area contributed by atoms with Gasteiger partial charge in [0, 0.05) is 18.0 Å². The van der Waals surface area contributed by atoms with Gasteiger partial charge in [-0.2, -0.15) is 0 Å². The lowest BCUT2D eigenvalue weighted by molar-refractivity contribution is -0.121. The second kappa shape index (κ2) is 5.63. The molecule has 0 saturated carbocycles. The molecule has 0 radical (unpaired) electrons. The molecule has 6 heteroatoms. The van der Waals surface area contributed by atoms with E-state index in [4.69, 9.17) is 11.6 Å². The first kappa shape index (κ1) is 13.2. The van der Waals surface area contributed by atoms with E-state index in [1.54, 1.807) is 18.2 Å². The molecule has 1 aromatic rings. The van der Waals surface area contributed by atoms with Gasteiger partial charge < -0.3 is 10.2 Å². The van der Waals surface area contributed by atoms with Crippen LogP contribution in [0.2, 0.25) is 5.02 Å². The molecule has 96 valence electrons. The van der Waals surface area contributed by atoms with Crippen LogP contribution < -0.4 is 5.32 Å². The maximum atomic E-state index is 12.3. The Hall–Kier alpha value is -1.20. The van der Waals surface area contributed by atoms with Crippen LogP contribution in [-0.4, -0.2) is 36.3 Å². The van der Waals surface area contributed by atoms with E-state index in [9.17, 15) is 9.59 Å². The SMILES string of the molecule is O=C1CN(C(=O)c2cc(S)ccc2Cl)CCCN1. The molecule has 1 aromatic carbocycles. The predicted molar refractivity (Wildman–Crippen MR) is 72.2 cm³/mol. The van der Waals surface area contributed by atoms with Gasteiger partial charge in [0.2, 0.25) is 5.91 Å². The maximum Gasteiger partial charge on any atom is 0.255 e. The van der Waals surface area contributed by atoms with Crippen molar-refractivity contribution in [3.63, 3.8) is 0 Å². The van der Waals surface area contributed by atoms with Crippen LogP contribution in [0.25, 0.3) is 0 Å². The third kappa shape index (κ3) is 2.97. The second-order valence-corrected chi connectivity index (χ2v) is 5.02. The van der Waals surface area contributed by atoms with Crippen LogP contribution in [0.1, 0.15) is 16.8 Å². The highest BCUT2D eigenvalue weighted by atomic mass is 35.5. The fraction of sp³-hybridized carbons (Fsp3) is 0.333. The smallest absolute Gasteiger partial charge is 0.255 e. The molecule has 1 saturated heterocycles. The molecule has 1 aliphatic heterocycles. The number of rotatable bonds is 1. The number of nitrogens with one attached hydrogen (secondary N) is 1. The van der Waals surface area contributed by atoms with Crippen LogP contribution in [0.15, 0.2) is 23.1 Å². The number of hydrogen-bond donors (Lipinski definition) is 2. The summed E-state index contributed by atoms with van der Waals surface area (Å²) in [5, 5.41) is 3.10. The van der Waals surface area contributed by atoms with E-state index in [-0.39, 0.29) is 18.4 Å². The molecule has 2 amide bonds. The summed E-state index contributed by atoms with van der Waals surface area (Å²) in [6, 6.07) is 4.98. The van der Waals surface area contributed by atoms with Gasteiger partial charge in [0.15, 0.2) is 0 Å². The van der Waals surface area contributed by atoms with Crippen molar-refractivity contribution in [1.82, 2.24) is 10.2 Å². The summed E-state index contributed by atoms with van der Waals surface area (Å²) < 4.78 is 0. The molecule has 0 atom stereocenters. The number of hydrogen-bond acceptors (Lipinski definition) is 3. The van der Waals surface area contributed by atoms with Gasteiger partial charge in [0.1, 0.15) is 0 Å². The van der Waals surface area contributed by atoms with Crippen LogP contribution in [-0.2, 0) is 4.79 Å². The highest BCUT2D eigenvalue weighted by molar-refractivity contribution is 7.80. The quantitative estimate of drug-likeness (QED) is 0.770. The van der Waals surface area contributed by atoms with E-state index < -0.39 is 0 Å². The van der Waals surface area contributed by atoms with Crippen LogP contribution in [0, 0.1) is 0 Å². The summed E-state index contributed by atoms with van der Waals surface area (Å²) in [6.45, 7) is 1.22. The van der Waals surface area contributed by atoms with Crippen LogP contribution in [0.4, 0.5) is 0 Å². The molecule has 1 fully saturated rings. The summed E-state index contributed by atoms with van der Waals surface area (Å²) >= 11 is 10.2. The summed E-state index contributed by atoms with van der Waals surface area (Å²) in [6.07, 6.45) is 0.746. The Labute approximate surface area is 116 Å². The Balaban J connectivity index is 2.24. The number of halogens is 1. The Morgan fingerprint density at radius 1 is 1.44 bits per heavy atom. The molecule has 18 heavy (non-hydrogen) atoms. The number of carbonyl (C=O) groups is 2. The predicted octanol–water partition coefficient (Wildman–Crippen LogP) is 1.59. The zero-order valence-corrected chi connectivity index (χ0v) is 11.3. The van der Waals surface area contributed by atoms with Crippen LogP contribution in [0.3, 0.4) is 0 Å². The molecule has 1 heterocycles. The summed E-state index contributed by atoms with van der Waals surface area (Å²) in [5.41, 5.74) is 0.388. The van der Waals surface area contributed by atoms with E-state index in [0.717, 1.165) is 6.42 Å². The third-order valence-corrected chi connectivity index (χ3v) is 3.34. The highest BCUT2D eigenvalue weighted by Crippen LogP contribution is 2.21. The van der Waals surface area contributed by atoms with Crippen molar-refractivity contribution in [3.05, 3.63) is 28.8 Å². The molecular weight excluding hydrogens is 272 g/mol. The molecule has 1 aliphatic rings. The second-order valence-electron chi connectivity index (χ2n) is 4.09. The minimum atomic E-state index is -0.229. The van der Waals surface area contributed by atoms with Gasteiger partial charge in [-0.15, -0.1) is 12.6 Å². The van der Waals surface area contributed by atoms with E-state index in [1.807, 2.05) is 0 Å². The average Bonchev–Trinajstić information content (AvgIpc) is 2.56. The van der Waals surface area contributed by atoms with Gasteiger partial charge in [0.25, 0.3) is 5.91 Å². The summed E-state index contributed by atoms with van der Waals surface area (Å²) in [7, 11) is 0. The molecule has 4 nitrogen and oxygen atoms in total. The molecule has 1 N–H and O–H groups in total. The lowest BCUT2D eigenvalue weighted by Gasteiger charge is -2.19. The fourth-order valence-electron chi connectivity index (χ4n) is 1.83. The van der Waals surface area contributed by atoms with E-state index in [1.165, 1.54) is 4.90 Å². The first-order chi connectivity index (χ1) is 8.58. The van der Waals surface area contributed by atoms with Gasteiger partial charge in [-0.3, -0.25) is 9.59 Å². The third-order valence-electron chi connectivity index (χ3n) is 2.73. The molecule has 0 bridgehead atoms. The normalized spacial score (nSPS) is 16.1. The Morgan fingerprint density at radius 3 is 3.00 bits per heavy atom. The van der Waals surface area contributed by atoms with Gasteiger partial charge in [-0.1, -0.05) is 11.6 Å². The first-order valence-corrected chi connectivity index (χ1v) is 6.45. The fourth-order valence-corrected chi connectivity index (χ4v) is 2.23. The van der Waals surface area contributed by atoms with Crippen molar-refractivity contribution in [2.24, 2.45) is 0 Å². The number of carbonyl (C=O) groups excluding carboxylic acids is 2. The largest absolute Gasteiger partial charge is 0.354 e.